The Bertz CT molecular complexity index is 617. The number of carbonyl (C=O) groups is 2. The minimum absolute atomic E-state index is 0.0397. The van der Waals surface area contributed by atoms with E-state index in [0.29, 0.717) is 39.3 Å². The number of amides is 2. The number of nitrogens with one attached hydrogen (secondary N) is 2. The van der Waals surface area contributed by atoms with Crippen molar-refractivity contribution in [3.05, 3.63) is 24.5 Å². The molecule has 3 rings (SSSR count). The highest BCUT2D eigenvalue weighted by Crippen LogP contribution is 2.26. The lowest BCUT2D eigenvalue weighted by Crippen LogP contribution is -2.52. The van der Waals surface area contributed by atoms with E-state index in [1.165, 1.54) is 12.8 Å². The normalized spacial score (nSPS) is 21.0. The van der Waals surface area contributed by atoms with Crippen molar-refractivity contribution in [2.75, 3.05) is 38.2 Å². The first-order chi connectivity index (χ1) is 13.7. The van der Waals surface area contributed by atoms with E-state index in [1.807, 2.05) is 17.0 Å². The summed E-state index contributed by atoms with van der Waals surface area (Å²) in [6.45, 7) is 2.75. The third-order valence-electron chi connectivity index (χ3n) is 5.57. The van der Waals surface area contributed by atoms with E-state index in [1.54, 1.807) is 12.4 Å². The average Bonchev–Trinajstić information content (AvgIpc) is 3.01. The molecule has 1 atom stereocenters. The Morgan fingerprint density at radius 2 is 2.00 bits per heavy atom. The summed E-state index contributed by atoms with van der Waals surface area (Å²) in [5, 5.41) is 6.15. The van der Waals surface area contributed by atoms with Crippen LogP contribution in [0.1, 0.15) is 44.9 Å². The Kier molecular flexibility index (Phi) is 8.08. The molecule has 1 aromatic rings. The Morgan fingerprint density at radius 3 is 2.75 bits per heavy atom. The smallest absolute Gasteiger partial charge is 0.226 e. The SMILES string of the molecule is O=C(C[C@@H]1COCCN1C(=O)C1CCCCCC1)NCCNc1cccnc1. The summed E-state index contributed by atoms with van der Waals surface area (Å²) < 4.78 is 5.57. The van der Waals surface area contributed by atoms with Crippen LogP contribution >= 0.6 is 0 Å². The first-order valence-electron chi connectivity index (χ1n) is 10.5. The van der Waals surface area contributed by atoms with Crippen molar-refractivity contribution in [3.63, 3.8) is 0 Å². The van der Waals surface area contributed by atoms with Crippen molar-refractivity contribution >= 4 is 17.5 Å². The van der Waals surface area contributed by atoms with E-state index in [-0.39, 0.29) is 23.8 Å². The fourth-order valence-corrected chi connectivity index (χ4v) is 4.04. The second kappa shape index (κ2) is 11.0. The molecule has 7 nitrogen and oxygen atoms in total. The van der Waals surface area contributed by atoms with Crippen LogP contribution in [0.15, 0.2) is 24.5 Å². The monoisotopic (exact) mass is 388 g/mol. The summed E-state index contributed by atoms with van der Waals surface area (Å²) in [6.07, 6.45) is 10.5. The van der Waals surface area contributed by atoms with E-state index < -0.39 is 0 Å². The summed E-state index contributed by atoms with van der Waals surface area (Å²) in [4.78, 5) is 31.4. The van der Waals surface area contributed by atoms with Crippen LogP contribution < -0.4 is 10.6 Å². The molecule has 7 heteroatoms. The minimum Gasteiger partial charge on any atom is -0.382 e. The number of ether oxygens (including phenoxy) is 1. The molecule has 1 aromatic heterocycles. The zero-order valence-electron chi connectivity index (χ0n) is 16.6. The first kappa shape index (κ1) is 20.6. The van der Waals surface area contributed by atoms with Gasteiger partial charge in [-0.3, -0.25) is 14.6 Å². The zero-order valence-corrected chi connectivity index (χ0v) is 16.6. The number of aromatic nitrogens is 1. The van der Waals surface area contributed by atoms with Gasteiger partial charge in [0.05, 0.1) is 24.9 Å². The lowest BCUT2D eigenvalue weighted by molar-refractivity contribution is -0.146. The van der Waals surface area contributed by atoms with Crippen LogP contribution in [0.3, 0.4) is 0 Å². The summed E-state index contributed by atoms with van der Waals surface area (Å²) in [5.74, 6) is 0.304. The van der Waals surface area contributed by atoms with Crippen LogP contribution in [-0.2, 0) is 14.3 Å². The minimum atomic E-state index is -0.157. The molecular formula is C21H32N4O3. The Labute approximate surface area is 167 Å². The molecule has 2 heterocycles. The molecule has 2 aliphatic rings. The molecule has 28 heavy (non-hydrogen) atoms. The number of hydrogen-bond acceptors (Lipinski definition) is 5. The number of nitrogens with zero attached hydrogens (tertiary/aromatic N) is 2. The average molecular weight is 389 g/mol. The molecule has 0 radical (unpaired) electrons. The molecule has 1 saturated heterocycles. The van der Waals surface area contributed by atoms with Gasteiger partial charge in [-0.2, -0.15) is 0 Å². The number of hydrogen-bond donors (Lipinski definition) is 2. The highest BCUT2D eigenvalue weighted by Gasteiger charge is 2.33. The van der Waals surface area contributed by atoms with Crippen LogP contribution in [-0.4, -0.2) is 60.6 Å². The van der Waals surface area contributed by atoms with Crippen molar-refractivity contribution < 1.29 is 14.3 Å². The Hall–Kier alpha value is -2.15. The van der Waals surface area contributed by atoms with E-state index >= 15 is 0 Å². The van der Waals surface area contributed by atoms with Crippen molar-refractivity contribution in [2.24, 2.45) is 5.92 Å². The second-order valence-electron chi connectivity index (χ2n) is 7.67. The lowest BCUT2D eigenvalue weighted by atomic mass is 9.97. The van der Waals surface area contributed by atoms with Crippen molar-refractivity contribution in [1.29, 1.82) is 0 Å². The number of carbonyl (C=O) groups excluding carboxylic acids is 2. The molecule has 0 unspecified atom stereocenters. The van der Waals surface area contributed by atoms with Gasteiger partial charge in [-0.1, -0.05) is 25.7 Å². The molecule has 154 valence electrons. The number of pyridine rings is 1. The van der Waals surface area contributed by atoms with Crippen molar-refractivity contribution in [3.8, 4) is 0 Å². The maximum Gasteiger partial charge on any atom is 0.226 e. The molecule has 1 aliphatic carbocycles. The Balaban J connectivity index is 1.44. The summed E-state index contributed by atoms with van der Waals surface area (Å²) in [5.41, 5.74) is 0.928. The highest BCUT2D eigenvalue weighted by atomic mass is 16.5. The summed E-state index contributed by atoms with van der Waals surface area (Å²) >= 11 is 0. The predicted molar refractivity (Wildman–Crippen MR) is 108 cm³/mol. The Morgan fingerprint density at radius 1 is 1.18 bits per heavy atom. The topological polar surface area (TPSA) is 83.6 Å². The van der Waals surface area contributed by atoms with Crippen LogP contribution in [0.2, 0.25) is 0 Å². The maximum atomic E-state index is 13.0. The van der Waals surface area contributed by atoms with Crippen LogP contribution in [0.4, 0.5) is 5.69 Å². The third kappa shape index (κ3) is 6.19. The van der Waals surface area contributed by atoms with Gasteiger partial charge in [-0.15, -0.1) is 0 Å². The van der Waals surface area contributed by atoms with E-state index in [4.69, 9.17) is 4.74 Å². The van der Waals surface area contributed by atoms with Crippen LogP contribution in [0.5, 0.6) is 0 Å². The molecule has 0 spiro atoms. The number of morpholine rings is 1. The number of rotatable bonds is 7. The molecule has 2 fully saturated rings. The van der Waals surface area contributed by atoms with Gasteiger partial charge in [0, 0.05) is 44.4 Å². The van der Waals surface area contributed by atoms with Gasteiger partial charge < -0.3 is 20.3 Å². The van der Waals surface area contributed by atoms with E-state index in [0.717, 1.165) is 31.4 Å². The molecule has 0 aromatic carbocycles. The summed E-state index contributed by atoms with van der Waals surface area (Å²) in [7, 11) is 0. The highest BCUT2D eigenvalue weighted by molar-refractivity contribution is 5.81. The van der Waals surface area contributed by atoms with Gasteiger partial charge >= 0.3 is 0 Å². The molecule has 1 saturated carbocycles. The molecular weight excluding hydrogens is 356 g/mol. The first-order valence-corrected chi connectivity index (χ1v) is 10.5. The molecule has 1 aliphatic heterocycles. The van der Waals surface area contributed by atoms with Gasteiger partial charge in [-0.05, 0) is 25.0 Å². The van der Waals surface area contributed by atoms with Gasteiger partial charge in [0.2, 0.25) is 11.8 Å². The lowest BCUT2D eigenvalue weighted by Gasteiger charge is -2.37. The largest absolute Gasteiger partial charge is 0.382 e. The summed E-state index contributed by atoms with van der Waals surface area (Å²) in [6, 6.07) is 3.64. The van der Waals surface area contributed by atoms with Gasteiger partial charge in [0.25, 0.3) is 0 Å². The third-order valence-corrected chi connectivity index (χ3v) is 5.57. The molecule has 2 amide bonds. The maximum absolute atomic E-state index is 13.0. The zero-order chi connectivity index (χ0) is 19.6. The second-order valence-corrected chi connectivity index (χ2v) is 7.67. The van der Waals surface area contributed by atoms with Crippen LogP contribution in [0.25, 0.3) is 0 Å². The van der Waals surface area contributed by atoms with Crippen molar-refractivity contribution in [1.82, 2.24) is 15.2 Å². The molecule has 0 bridgehead atoms. The number of anilines is 1. The predicted octanol–water partition coefficient (Wildman–Crippen LogP) is 2.20. The van der Waals surface area contributed by atoms with Crippen LogP contribution in [0, 0.1) is 5.92 Å². The van der Waals surface area contributed by atoms with Gasteiger partial charge in [0.1, 0.15) is 0 Å². The van der Waals surface area contributed by atoms with Crippen molar-refractivity contribution in [2.45, 2.75) is 51.0 Å². The fraction of sp³-hybridized carbons (Fsp3) is 0.667. The van der Waals surface area contributed by atoms with Gasteiger partial charge in [-0.25, -0.2) is 0 Å². The quantitative estimate of drug-likeness (QED) is 0.553. The van der Waals surface area contributed by atoms with E-state index in [9.17, 15) is 9.59 Å². The standard InChI is InChI=1S/C21H32N4O3/c26-20(24-11-10-23-18-8-5-9-22-15-18)14-19-16-28-13-12-25(19)21(27)17-6-3-1-2-4-7-17/h5,8-9,15,17,19,23H,1-4,6-7,10-14,16H2,(H,24,26)/t19-/m1/s1. The fourth-order valence-electron chi connectivity index (χ4n) is 4.04. The molecule has 2 N–H and O–H groups in total. The van der Waals surface area contributed by atoms with Gasteiger partial charge in [0.15, 0.2) is 0 Å². The van der Waals surface area contributed by atoms with E-state index in [2.05, 4.69) is 15.6 Å².